The van der Waals surface area contributed by atoms with Crippen LogP contribution in [0.5, 0.6) is 23.0 Å². The Kier molecular flexibility index (Phi) is 6.07. The third-order valence-electron chi connectivity index (χ3n) is 13.0. The molecular weight excluding hydrogens is 719 g/mol. The highest BCUT2D eigenvalue weighted by molar-refractivity contribution is 6.98. The topological polar surface area (TPSA) is 27.8 Å². The summed E-state index contributed by atoms with van der Waals surface area (Å²) in [4.78, 5) is 0. The molecule has 5 heteroatoms. The molecule has 272 valence electrons. The molecule has 0 fully saturated rings. The highest BCUT2D eigenvalue weighted by Gasteiger charge is 2.41. The summed E-state index contributed by atoms with van der Waals surface area (Å²) in [7, 11) is 0. The van der Waals surface area contributed by atoms with E-state index in [9.17, 15) is 0 Å². The van der Waals surface area contributed by atoms with Gasteiger partial charge >= 0.3 is 0 Å². The average Bonchev–Trinajstić information content (AvgIpc) is 3.82. The number of para-hydroxylation sites is 5. The van der Waals surface area contributed by atoms with Crippen molar-refractivity contribution < 1.29 is 9.47 Å². The van der Waals surface area contributed by atoms with Crippen LogP contribution in [-0.4, -0.2) is 15.7 Å². The van der Waals surface area contributed by atoms with E-state index in [2.05, 4.69) is 197 Å². The molecule has 0 unspecified atom stereocenters. The van der Waals surface area contributed by atoms with Gasteiger partial charge in [-0.1, -0.05) is 140 Å². The minimum absolute atomic E-state index is 0.0604. The SMILES string of the molecule is c1ccc2c(c1)Oc1cc3c4ccccc4c4ccccc4c4cccc5c6cc(-n7c8ccccc8c8ccccc87)ccc6n(c3c3c1B2c1ccccc1O3)c45. The van der Waals surface area contributed by atoms with E-state index < -0.39 is 0 Å². The number of rotatable bonds is 1. The van der Waals surface area contributed by atoms with Gasteiger partial charge in [-0.25, -0.2) is 0 Å². The summed E-state index contributed by atoms with van der Waals surface area (Å²) in [6.45, 7) is -0.0604. The number of benzene rings is 9. The summed E-state index contributed by atoms with van der Waals surface area (Å²) in [5.74, 6) is 3.41. The molecule has 14 rings (SSSR count). The largest absolute Gasteiger partial charge is 0.458 e. The van der Waals surface area contributed by atoms with Crippen molar-refractivity contribution in [3.8, 4) is 28.7 Å². The summed E-state index contributed by atoms with van der Waals surface area (Å²) in [6, 6.07) is 68.2. The summed E-state index contributed by atoms with van der Waals surface area (Å²) < 4.78 is 19.2. The summed E-state index contributed by atoms with van der Waals surface area (Å²) >= 11 is 0. The molecular formula is C54H31BN2O2. The first-order valence-corrected chi connectivity index (χ1v) is 20.3. The molecule has 0 N–H and O–H groups in total. The minimum Gasteiger partial charge on any atom is -0.458 e. The fourth-order valence-corrected chi connectivity index (χ4v) is 10.6. The van der Waals surface area contributed by atoms with Crippen molar-refractivity contribution >= 4 is 105 Å². The highest BCUT2D eigenvalue weighted by Crippen LogP contribution is 2.46. The fourth-order valence-electron chi connectivity index (χ4n) is 10.6. The first-order chi connectivity index (χ1) is 29.3. The van der Waals surface area contributed by atoms with Gasteiger partial charge in [-0.15, -0.1) is 0 Å². The van der Waals surface area contributed by atoms with Gasteiger partial charge in [0, 0.05) is 43.5 Å². The van der Waals surface area contributed by atoms with Crippen LogP contribution in [-0.2, 0) is 0 Å². The molecule has 0 amide bonds. The van der Waals surface area contributed by atoms with Crippen LogP contribution in [0.3, 0.4) is 0 Å². The van der Waals surface area contributed by atoms with Gasteiger partial charge in [0.2, 0.25) is 0 Å². The first kappa shape index (κ1) is 31.3. The van der Waals surface area contributed by atoms with Crippen molar-refractivity contribution in [3.63, 3.8) is 0 Å². The summed E-state index contributed by atoms with van der Waals surface area (Å²) in [6.07, 6.45) is 0. The van der Waals surface area contributed by atoms with E-state index in [0.29, 0.717) is 0 Å². The molecule has 0 aliphatic carbocycles. The predicted molar refractivity (Wildman–Crippen MR) is 246 cm³/mol. The van der Waals surface area contributed by atoms with E-state index >= 15 is 0 Å². The third-order valence-corrected chi connectivity index (χ3v) is 13.0. The highest BCUT2D eigenvalue weighted by atomic mass is 16.5. The van der Waals surface area contributed by atoms with E-state index in [4.69, 9.17) is 9.47 Å². The number of aromatic nitrogens is 2. The van der Waals surface area contributed by atoms with Gasteiger partial charge in [-0.2, -0.15) is 0 Å². The fraction of sp³-hybridized carbons (Fsp3) is 0. The maximum Gasteiger partial charge on any atom is 0.260 e. The average molecular weight is 751 g/mol. The minimum atomic E-state index is -0.0604. The van der Waals surface area contributed by atoms with Crippen molar-refractivity contribution in [3.05, 3.63) is 188 Å². The molecule has 5 heterocycles. The lowest BCUT2D eigenvalue weighted by molar-refractivity contribution is 0.468. The Balaban J connectivity index is 1.24. The first-order valence-electron chi connectivity index (χ1n) is 20.3. The third kappa shape index (κ3) is 4.08. The molecule has 0 spiro atoms. The molecule has 0 bridgehead atoms. The summed E-state index contributed by atoms with van der Waals surface area (Å²) in [5.41, 5.74) is 10.1. The molecule has 0 saturated heterocycles. The Morgan fingerprint density at radius 2 is 0.847 bits per heavy atom. The number of hydrogen-bond donors (Lipinski definition) is 0. The van der Waals surface area contributed by atoms with Gasteiger partial charge in [0.25, 0.3) is 6.71 Å². The molecule has 9 aromatic carbocycles. The number of fused-ring (bicyclic) bond motifs is 18. The van der Waals surface area contributed by atoms with Crippen LogP contribution in [0.1, 0.15) is 0 Å². The van der Waals surface area contributed by atoms with E-state index in [1.54, 1.807) is 0 Å². The van der Waals surface area contributed by atoms with Crippen molar-refractivity contribution in [2.75, 3.05) is 0 Å². The van der Waals surface area contributed by atoms with Gasteiger partial charge in [0.05, 0.1) is 27.6 Å². The molecule has 2 aliphatic rings. The van der Waals surface area contributed by atoms with E-state index in [1.807, 2.05) is 0 Å². The maximum atomic E-state index is 7.31. The van der Waals surface area contributed by atoms with Crippen molar-refractivity contribution in [1.82, 2.24) is 8.97 Å². The zero-order valence-electron chi connectivity index (χ0n) is 31.7. The molecule has 0 saturated carbocycles. The van der Waals surface area contributed by atoms with Crippen LogP contribution in [0.4, 0.5) is 0 Å². The second kappa shape index (κ2) is 11.4. The lowest BCUT2D eigenvalue weighted by Crippen LogP contribution is -2.57. The molecule has 3 aromatic heterocycles. The maximum absolute atomic E-state index is 7.31. The monoisotopic (exact) mass is 750 g/mol. The zero-order chi connectivity index (χ0) is 38.3. The van der Waals surface area contributed by atoms with Gasteiger partial charge in [-0.3, -0.25) is 0 Å². The lowest BCUT2D eigenvalue weighted by Gasteiger charge is -2.33. The Bertz CT molecular complexity index is 3810. The van der Waals surface area contributed by atoms with Crippen LogP contribution >= 0.6 is 0 Å². The quantitative estimate of drug-likeness (QED) is 0.156. The molecule has 2 aliphatic heterocycles. The zero-order valence-corrected chi connectivity index (χ0v) is 31.7. The second-order valence-electron chi connectivity index (χ2n) is 15.9. The van der Waals surface area contributed by atoms with Crippen LogP contribution in [0.25, 0.3) is 87.1 Å². The van der Waals surface area contributed by atoms with Crippen LogP contribution in [0.15, 0.2) is 188 Å². The van der Waals surface area contributed by atoms with Crippen LogP contribution in [0.2, 0.25) is 0 Å². The number of nitrogens with zero attached hydrogens (tertiary/aromatic N) is 2. The standard InChI is InChI=1S/C54H31BN2O2/c1-3-16-35-33(14-1)34-15-2-4-17-36(34)42-31-50-51-54(59-49-27-12-8-23-44(49)55(51)43-22-7-11-26-48(43)58-50)53(42)57-47-29-28-32(30-41(47)40-21-13-20-39(35)52(40)57)56-45-24-9-5-18-37(45)38-19-6-10-25-46(38)56/h1-31H. The van der Waals surface area contributed by atoms with E-state index in [0.717, 1.165) is 72.4 Å². The number of hydrogen-bond acceptors (Lipinski definition) is 2. The smallest absolute Gasteiger partial charge is 0.260 e. The molecule has 59 heavy (non-hydrogen) atoms. The Hall–Kier alpha value is -7.76. The van der Waals surface area contributed by atoms with Crippen LogP contribution in [0, 0.1) is 0 Å². The lowest BCUT2D eigenvalue weighted by atomic mass is 9.35. The second-order valence-corrected chi connectivity index (χ2v) is 15.9. The normalized spacial score (nSPS) is 13.0. The van der Waals surface area contributed by atoms with Crippen LogP contribution < -0.4 is 25.9 Å². The Morgan fingerprint density at radius 1 is 0.339 bits per heavy atom. The van der Waals surface area contributed by atoms with Crippen molar-refractivity contribution in [2.24, 2.45) is 0 Å². The van der Waals surface area contributed by atoms with Crippen molar-refractivity contribution in [1.29, 1.82) is 0 Å². The molecule has 12 aromatic rings. The van der Waals surface area contributed by atoms with E-state index in [1.165, 1.54) is 54.1 Å². The predicted octanol–water partition coefficient (Wildman–Crippen LogP) is 12.1. The Morgan fingerprint density at radius 3 is 1.51 bits per heavy atom. The van der Waals surface area contributed by atoms with Gasteiger partial charge < -0.3 is 18.4 Å². The molecule has 0 atom stereocenters. The Labute approximate surface area is 338 Å². The van der Waals surface area contributed by atoms with E-state index in [-0.39, 0.29) is 6.71 Å². The van der Waals surface area contributed by atoms with Gasteiger partial charge in [0.15, 0.2) is 5.75 Å². The van der Waals surface area contributed by atoms with Gasteiger partial charge in [0.1, 0.15) is 17.2 Å². The van der Waals surface area contributed by atoms with Gasteiger partial charge in [-0.05, 0) is 81.0 Å². The summed E-state index contributed by atoms with van der Waals surface area (Å²) in [5, 5.41) is 11.8. The number of ether oxygens (including phenoxy) is 2. The van der Waals surface area contributed by atoms with Crippen molar-refractivity contribution in [2.45, 2.75) is 0 Å². The molecule has 0 radical (unpaired) electrons. The molecule has 4 nitrogen and oxygen atoms in total.